The average molecular weight is 1070 g/mol. The molecule has 0 heterocycles. The summed E-state index contributed by atoms with van der Waals surface area (Å²) >= 11 is 0. The van der Waals surface area contributed by atoms with Crippen molar-refractivity contribution in [3.63, 3.8) is 0 Å². The van der Waals surface area contributed by atoms with Crippen molar-refractivity contribution in [3.05, 3.63) is 157 Å². The molecule has 0 atom stereocenters. The van der Waals surface area contributed by atoms with Gasteiger partial charge in [0.25, 0.3) is 0 Å². The molecule has 0 bridgehead atoms. The first-order chi connectivity index (χ1) is 34.0. The van der Waals surface area contributed by atoms with Crippen molar-refractivity contribution in [2.75, 3.05) is 0 Å². The molecule has 0 aromatic heterocycles. The number of hydrogen-bond acceptors (Lipinski definition) is 2. The number of halogens is 27. The number of benzene rings is 9. The Hall–Kier alpha value is -7.69. The van der Waals surface area contributed by atoms with E-state index < -0.39 is 252 Å². The van der Waals surface area contributed by atoms with Crippen LogP contribution in [0.1, 0.15) is 11.1 Å². The summed E-state index contributed by atoms with van der Waals surface area (Å²) < 4.78 is 429. The monoisotopic (exact) mass is 1070 g/mol. The van der Waals surface area contributed by atoms with Crippen molar-refractivity contribution in [1.29, 1.82) is 0 Å². The third kappa shape index (κ3) is 5.76. The predicted molar refractivity (Wildman–Crippen MR) is 192 cm³/mol. The maximum atomic E-state index is 16.6. The van der Waals surface area contributed by atoms with Gasteiger partial charge in [0.1, 0.15) is 11.6 Å². The van der Waals surface area contributed by atoms with E-state index in [1.165, 1.54) is 0 Å². The van der Waals surface area contributed by atoms with Crippen molar-refractivity contribution >= 4 is 66.4 Å². The van der Waals surface area contributed by atoms with E-state index in [-0.39, 0.29) is 0 Å². The van der Waals surface area contributed by atoms with E-state index in [0.29, 0.717) is 0 Å². The molecule has 0 saturated heterocycles. The van der Waals surface area contributed by atoms with Gasteiger partial charge in [-0.1, -0.05) is 0 Å². The fourth-order valence-electron chi connectivity index (χ4n) is 8.77. The van der Waals surface area contributed by atoms with Crippen LogP contribution in [0.5, 0.6) is 11.5 Å². The van der Waals surface area contributed by atoms with Crippen LogP contribution in [0.4, 0.5) is 119 Å². The molecular formula is C43BF27O2. The molecule has 0 unspecified atom stereocenters. The third-order valence-corrected chi connectivity index (χ3v) is 11.8. The number of alkyl halides is 2. The minimum absolute atomic E-state index is 2.07. The molecule has 2 nitrogen and oxygen atoms in total. The highest BCUT2D eigenvalue weighted by atomic mass is 19.3. The van der Waals surface area contributed by atoms with E-state index >= 15 is 92.2 Å². The minimum Gasteiger partial charge on any atom is -0.519 e. The lowest BCUT2D eigenvalue weighted by atomic mass is 9.72. The van der Waals surface area contributed by atoms with Crippen LogP contribution in [-0.4, -0.2) is 7.12 Å². The zero-order valence-corrected chi connectivity index (χ0v) is 33.1. The molecule has 0 spiro atoms. The summed E-state index contributed by atoms with van der Waals surface area (Å²) in [5, 5.41) is -24.4. The Morgan fingerprint density at radius 2 is 0.466 bits per heavy atom. The van der Waals surface area contributed by atoms with E-state index in [4.69, 9.17) is 4.65 Å². The largest absolute Gasteiger partial charge is 0.636 e. The fourth-order valence-corrected chi connectivity index (χ4v) is 8.77. The van der Waals surface area contributed by atoms with Crippen LogP contribution < -0.4 is 14.8 Å². The van der Waals surface area contributed by atoms with Gasteiger partial charge in [0.05, 0.1) is 54.1 Å². The smallest absolute Gasteiger partial charge is 0.519 e. The van der Waals surface area contributed by atoms with Gasteiger partial charge in [0.15, 0.2) is 139 Å². The molecule has 10 rings (SSSR count). The van der Waals surface area contributed by atoms with Gasteiger partial charge in [-0.2, -0.15) is 17.6 Å². The fraction of sp³-hybridized carbons (Fsp3) is 0.0233. The quantitative estimate of drug-likeness (QED) is 0.0427. The second-order valence-electron chi connectivity index (χ2n) is 15.3. The summed E-state index contributed by atoms with van der Waals surface area (Å²) in [6.07, 6.45) is 0. The average Bonchev–Trinajstić information content (AvgIpc) is 3.59. The van der Waals surface area contributed by atoms with Crippen LogP contribution in [0.15, 0.2) is 0 Å². The Balaban J connectivity index is 1.41. The topological polar surface area (TPSA) is 18.5 Å². The summed E-state index contributed by atoms with van der Waals surface area (Å²) in [6.45, 7) is 0. The van der Waals surface area contributed by atoms with E-state index in [1.807, 2.05) is 0 Å². The second kappa shape index (κ2) is 15.4. The summed E-state index contributed by atoms with van der Waals surface area (Å²) in [5.74, 6) is -90.2. The Morgan fingerprint density at radius 1 is 0.219 bits per heavy atom. The van der Waals surface area contributed by atoms with Gasteiger partial charge in [0, 0.05) is 27.5 Å². The maximum Gasteiger partial charge on any atom is 0.636 e. The molecule has 1 aliphatic carbocycles. The van der Waals surface area contributed by atoms with Crippen LogP contribution in [0.2, 0.25) is 0 Å². The van der Waals surface area contributed by atoms with Crippen molar-refractivity contribution in [2.45, 2.75) is 5.92 Å². The molecule has 0 saturated carbocycles. The van der Waals surface area contributed by atoms with Gasteiger partial charge in [-0.05, 0) is 0 Å². The molecule has 0 aliphatic heterocycles. The van der Waals surface area contributed by atoms with Crippen LogP contribution in [0, 0.1) is 145 Å². The lowest BCUT2D eigenvalue weighted by Gasteiger charge is -2.25. The molecule has 1 aliphatic rings. The molecule has 0 radical (unpaired) electrons. The van der Waals surface area contributed by atoms with E-state index in [9.17, 15) is 26.3 Å². The highest BCUT2D eigenvalue weighted by Crippen LogP contribution is 2.56. The molecule has 9 aromatic carbocycles. The Morgan fingerprint density at radius 3 is 0.918 bits per heavy atom. The van der Waals surface area contributed by atoms with Gasteiger partial charge in [0.2, 0.25) is 5.82 Å². The van der Waals surface area contributed by atoms with E-state index in [0.717, 1.165) is 0 Å². The van der Waals surface area contributed by atoms with Gasteiger partial charge in [-0.25, -0.2) is 101 Å². The summed E-state index contributed by atoms with van der Waals surface area (Å²) in [5.41, 5.74) is -14.6. The van der Waals surface area contributed by atoms with E-state index in [1.54, 1.807) is 0 Å². The summed E-state index contributed by atoms with van der Waals surface area (Å²) in [7, 11) is -4.69. The van der Waals surface area contributed by atoms with Crippen molar-refractivity contribution in [3.8, 4) is 22.6 Å². The van der Waals surface area contributed by atoms with Crippen LogP contribution >= 0.6 is 0 Å². The highest BCUT2D eigenvalue weighted by Gasteiger charge is 2.58. The summed E-state index contributed by atoms with van der Waals surface area (Å²) in [6, 6.07) is 0. The molecule has 73 heavy (non-hydrogen) atoms. The molecule has 9 aromatic rings. The van der Waals surface area contributed by atoms with Crippen molar-refractivity contribution in [1.82, 2.24) is 0 Å². The van der Waals surface area contributed by atoms with Gasteiger partial charge in [-0.3, -0.25) is 0 Å². The lowest BCUT2D eigenvalue weighted by Crippen LogP contribution is -2.49. The molecular weight excluding hydrogens is 1070 g/mol. The van der Waals surface area contributed by atoms with Crippen LogP contribution in [0.25, 0.3) is 65.0 Å². The minimum atomic E-state index is -6.06. The van der Waals surface area contributed by atoms with Gasteiger partial charge < -0.3 is 9.31 Å². The number of fused-ring (bicyclic) bond motifs is 5. The zero-order valence-electron chi connectivity index (χ0n) is 33.1. The van der Waals surface area contributed by atoms with Crippen molar-refractivity contribution in [2.24, 2.45) is 0 Å². The maximum absolute atomic E-state index is 16.6. The first kappa shape index (κ1) is 48.9. The van der Waals surface area contributed by atoms with Crippen molar-refractivity contribution < 1.29 is 128 Å². The number of hydrogen-bond donors (Lipinski definition) is 0. The first-order valence-corrected chi connectivity index (χ1v) is 18.8. The van der Waals surface area contributed by atoms with Crippen LogP contribution in [0.3, 0.4) is 0 Å². The predicted octanol–water partition coefficient (Wildman–Crippen LogP) is 14.3. The van der Waals surface area contributed by atoms with Crippen LogP contribution in [-0.2, 0) is 5.92 Å². The lowest BCUT2D eigenvalue weighted by molar-refractivity contribution is 0.0433. The van der Waals surface area contributed by atoms with Gasteiger partial charge >= 0.3 is 13.0 Å². The summed E-state index contributed by atoms with van der Waals surface area (Å²) in [4.78, 5) is 0. The Kier molecular flexibility index (Phi) is 10.3. The molecule has 0 N–H and O–H groups in total. The first-order valence-electron chi connectivity index (χ1n) is 18.8. The third-order valence-electron chi connectivity index (χ3n) is 11.8. The zero-order chi connectivity index (χ0) is 53.7. The highest BCUT2D eigenvalue weighted by molar-refractivity contribution is 6.64. The standard InChI is InChI=1S/C43BF27O2/c45-16-8-9(26(55)36(65)35(64)25(8)54)17(46)12-10(16)27(56)37(66)40(69)42(12)73-44(15-13-3(18(47)33(62)31(15)60)4-14(43(13,70)71)30(59)38(67)34(63)19(4)48)72-41-11-2-1-5(20(49)21(50)7(2)28(57)39(41)68)23(52)32(61)24(53)6(1)22(51)29(11)58. The second-order valence-corrected chi connectivity index (χ2v) is 15.3. The SMILES string of the molecule is Fc1c(F)c(F)c2c(c1F)-c1c(F)c(F)c(F)c(B(Oc3c(F)c(F)c(F)c4c(F)c5c(F)c(F)c(F)c(F)c5c(F)c34)Oc3c(F)c(F)c4c(F)c(F)c5c(F)c(F)c(F)c6c(F)c(F)c3c4c56)c1C2(F)F. The molecule has 376 valence electrons. The normalized spacial score (nSPS) is 13.2. The van der Waals surface area contributed by atoms with Gasteiger partial charge in [-0.15, -0.1) is 0 Å². The molecule has 30 heteroatoms. The number of rotatable bonds is 5. The Bertz CT molecular complexity index is 4110. The van der Waals surface area contributed by atoms with E-state index in [2.05, 4.69) is 4.65 Å². The molecule has 0 fully saturated rings. The molecule has 0 amide bonds. The Labute approximate surface area is 379 Å².